The van der Waals surface area contributed by atoms with E-state index in [1.165, 1.54) is 0 Å². The molecular formula is C11H19N3O2S. The van der Waals surface area contributed by atoms with Crippen molar-refractivity contribution < 1.29 is 9.59 Å². The second kappa shape index (κ2) is 5.73. The van der Waals surface area contributed by atoms with Crippen LogP contribution in [0.1, 0.15) is 19.3 Å². The molecule has 0 aliphatic carbocycles. The number of carbonyl (C=O) groups is 2. The molecule has 0 spiro atoms. The predicted molar refractivity (Wildman–Crippen MR) is 67.7 cm³/mol. The van der Waals surface area contributed by atoms with E-state index >= 15 is 0 Å². The monoisotopic (exact) mass is 257 g/mol. The smallest absolute Gasteiger partial charge is 0.240 e. The van der Waals surface area contributed by atoms with Gasteiger partial charge < -0.3 is 16.0 Å². The lowest BCUT2D eigenvalue weighted by molar-refractivity contribution is -0.137. The Morgan fingerprint density at radius 1 is 1.47 bits per heavy atom. The van der Waals surface area contributed by atoms with Gasteiger partial charge in [0.1, 0.15) is 6.04 Å². The number of nitrogens with zero attached hydrogens (tertiary/aromatic N) is 1. The molecule has 2 saturated heterocycles. The molecule has 2 rings (SSSR count). The third-order valence-electron chi connectivity index (χ3n) is 3.32. The summed E-state index contributed by atoms with van der Waals surface area (Å²) in [6.45, 7) is 1.63. The van der Waals surface area contributed by atoms with Crippen molar-refractivity contribution in [1.82, 2.24) is 10.2 Å². The van der Waals surface area contributed by atoms with Crippen LogP contribution >= 0.6 is 11.8 Å². The van der Waals surface area contributed by atoms with Gasteiger partial charge in [-0.3, -0.25) is 9.59 Å². The van der Waals surface area contributed by atoms with Crippen molar-refractivity contribution in [2.24, 2.45) is 5.73 Å². The van der Waals surface area contributed by atoms with Gasteiger partial charge in [-0.15, -0.1) is 0 Å². The van der Waals surface area contributed by atoms with Gasteiger partial charge in [0.2, 0.25) is 11.8 Å². The van der Waals surface area contributed by atoms with Gasteiger partial charge in [-0.05, 0) is 12.8 Å². The molecule has 0 aromatic rings. The van der Waals surface area contributed by atoms with Crippen LogP contribution in [-0.2, 0) is 9.59 Å². The Kier molecular flexibility index (Phi) is 4.28. The molecule has 2 aliphatic heterocycles. The fourth-order valence-corrected chi connectivity index (χ4v) is 3.39. The van der Waals surface area contributed by atoms with Gasteiger partial charge in [-0.2, -0.15) is 11.8 Å². The van der Waals surface area contributed by atoms with E-state index in [-0.39, 0.29) is 23.9 Å². The summed E-state index contributed by atoms with van der Waals surface area (Å²) in [6.07, 6.45) is 2.08. The number of thioether (sulfide) groups is 1. The lowest BCUT2D eigenvalue weighted by Crippen LogP contribution is -2.47. The molecule has 17 heavy (non-hydrogen) atoms. The summed E-state index contributed by atoms with van der Waals surface area (Å²) in [5.74, 6) is 1.77. The highest BCUT2D eigenvalue weighted by molar-refractivity contribution is 7.99. The Hall–Kier alpha value is -0.750. The first-order chi connectivity index (χ1) is 8.18. The minimum Gasteiger partial charge on any atom is -0.368 e. The van der Waals surface area contributed by atoms with Gasteiger partial charge in [0.05, 0.1) is 0 Å². The number of rotatable bonds is 3. The van der Waals surface area contributed by atoms with Crippen molar-refractivity contribution in [2.45, 2.75) is 31.3 Å². The molecule has 2 atom stereocenters. The Morgan fingerprint density at radius 2 is 2.29 bits per heavy atom. The zero-order chi connectivity index (χ0) is 12.3. The van der Waals surface area contributed by atoms with Crippen molar-refractivity contribution in [3.05, 3.63) is 0 Å². The summed E-state index contributed by atoms with van der Waals surface area (Å²) in [7, 11) is 0. The number of carbonyl (C=O) groups excluding carboxylic acids is 2. The van der Waals surface area contributed by atoms with Crippen LogP contribution in [0.25, 0.3) is 0 Å². The van der Waals surface area contributed by atoms with Crippen LogP contribution in [0.15, 0.2) is 0 Å². The predicted octanol–water partition coefficient (Wildman–Crippen LogP) is -0.442. The summed E-state index contributed by atoms with van der Waals surface area (Å²) >= 11 is 1.87. The summed E-state index contributed by atoms with van der Waals surface area (Å²) in [5, 5.41) is 3.33. The molecule has 0 aromatic heterocycles. The van der Waals surface area contributed by atoms with E-state index in [2.05, 4.69) is 5.32 Å². The topological polar surface area (TPSA) is 75.4 Å². The zero-order valence-corrected chi connectivity index (χ0v) is 10.7. The minimum absolute atomic E-state index is 0.0614. The van der Waals surface area contributed by atoms with Crippen molar-refractivity contribution >= 4 is 23.6 Å². The largest absolute Gasteiger partial charge is 0.368 e. The summed E-state index contributed by atoms with van der Waals surface area (Å²) in [6, 6.07) is -0.130. The van der Waals surface area contributed by atoms with Crippen LogP contribution < -0.4 is 11.1 Å². The SMILES string of the molecule is NC(=O)C1CCCN1C(=O)CC1CSCCN1. The lowest BCUT2D eigenvalue weighted by Gasteiger charge is -2.27. The summed E-state index contributed by atoms with van der Waals surface area (Å²) in [4.78, 5) is 25.0. The highest BCUT2D eigenvalue weighted by Gasteiger charge is 2.33. The Balaban J connectivity index is 1.88. The van der Waals surface area contributed by atoms with Gasteiger partial charge in [-0.25, -0.2) is 0 Å². The third-order valence-corrected chi connectivity index (χ3v) is 4.45. The van der Waals surface area contributed by atoms with Crippen molar-refractivity contribution in [2.75, 3.05) is 24.6 Å². The molecule has 0 aromatic carbocycles. The summed E-state index contributed by atoms with van der Waals surface area (Å²) < 4.78 is 0. The number of likely N-dealkylation sites (tertiary alicyclic amines) is 1. The number of nitrogens with one attached hydrogen (secondary N) is 1. The van der Waals surface area contributed by atoms with Gasteiger partial charge in [0.25, 0.3) is 0 Å². The second-order valence-electron chi connectivity index (χ2n) is 4.58. The quantitative estimate of drug-likeness (QED) is 0.718. The zero-order valence-electron chi connectivity index (χ0n) is 9.85. The first-order valence-corrected chi connectivity index (χ1v) is 7.24. The molecule has 2 amide bonds. The van der Waals surface area contributed by atoms with Crippen LogP contribution in [0.5, 0.6) is 0 Å². The van der Waals surface area contributed by atoms with Crippen LogP contribution in [-0.4, -0.2) is 53.4 Å². The van der Waals surface area contributed by atoms with E-state index in [0.29, 0.717) is 19.4 Å². The molecule has 2 unspecified atom stereocenters. The standard InChI is InChI=1S/C11H19N3O2S/c12-11(16)9-2-1-4-14(9)10(15)6-8-7-17-5-3-13-8/h8-9,13H,1-7H2,(H2,12,16). The number of hydrogen-bond donors (Lipinski definition) is 2. The minimum atomic E-state index is -0.376. The first kappa shape index (κ1) is 12.7. The van der Waals surface area contributed by atoms with Crippen molar-refractivity contribution in [3.8, 4) is 0 Å². The van der Waals surface area contributed by atoms with E-state index in [4.69, 9.17) is 5.73 Å². The maximum absolute atomic E-state index is 12.1. The Labute approximate surface area is 105 Å². The highest BCUT2D eigenvalue weighted by Crippen LogP contribution is 2.19. The molecule has 2 heterocycles. The van der Waals surface area contributed by atoms with Crippen molar-refractivity contribution in [1.29, 1.82) is 0 Å². The molecule has 0 radical (unpaired) electrons. The van der Waals surface area contributed by atoms with Crippen LogP contribution in [0.2, 0.25) is 0 Å². The van der Waals surface area contributed by atoms with E-state index in [1.807, 2.05) is 11.8 Å². The molecule has 3 N–H and O–H groups in total. The average Bonchev–Trinajstić information content (AvgIpc) is 2.79. The molecule has 0 saturated carbocycles. The fraction of sp³-hybridized carbons (Fsp3) is 0.818. The number of nitrogens with two attached hydrogens (primary N) is 1. The molecule has 2 fully saturated rings. The molecule has 2 aliphatic rings. The van der Waals surface area contributed by atoms with Gasteiger partial charge >= 0.3 is 0 Å². The number of amides is 2. The fourth-order valence-electron chi connectivity index (χ4n) is 2.44. The lowest BCUT2D eigenvalue weighted by atomic mass is 10.1. The average molecular weight is 257 g/mol. The van der Waals surface area contributed by atoms with Gasteiger partial charge in [0.15, 0.2) is 0 Å². The Morgan fingerprint density at radius 3 is 2.94 bits per heavy atom. The van der Waals surface area contributed by atoms with Crippen LogP contribution in [0, 0.1) is 0 Å². The molecule has 6 heteroatoms. The van der Waals surface area contributed by atoms with Crippen LogP contribution in [0.4, 0.5) is 0 Å². The number of hydrogen-bond acceptors (Lipinski definition) is 4. The second-order valence-corrected chi connectivity index (χ2v) is 5.73. The normalized spacial score (nSPS) is 29.3. The van der Waals surface area contributed by atoms with Gasteiger partial charge in [0, 0.05) is 37.1 Å². The maximum Gasteiger partial charge on any atom is 0.240 e. The summed E-state index contributed by atoms with van der Waals surface area (Å²) in [5.41, 5.74) is 5.31. The molecule has 96 valence electrons. The highest BCUT2D eigenvalue weighted by atomic mass is 32.2. The Bertz CT molecular complexity index is 305. The van der Waals surface area contributed by atoms with E-state index in [0.717, 1.165) is 24.5 Å². The van der Waals surface area contributed by atoms with E-state index < -0.39 is 0 Å². The van der Waals surface area contributed by atoms with E-state index in [9.17, 15) is 9.59 Å². The van der Waals surface area contributed by atoms with Crippen LogP contribution in [0.3, 0.4) is 0 Å². The van der Waals surface area contributed by atoms with E-state index in [1.54, 1.807) is 4.90 Å². The first-order valence-electron chi connectivity index (χ1n) is 6.08. The van der Waals surface area contributed by atoms with Crippen molar-refractivity contribution in [3.63, 3.8) is 0 Å². The van der Waals surface area contributed by atoms with Gasteiger partial charge in [-0.1, -0.05) is 0 Å². The molecular weight excluding hydrogens is 238 g/mol. The third kappa shape index (κ3) is 3.13. The molecule has 5 nitrogen and oxygen atoms in total. The maximum atomic E-state index is 12.1. The number of primary amides is 1. The molecule has 0 bridgehead atoms.